The normalized spacial score (nSPS) is 13.2. The van der Waals surface area contributed by atoms with Gasteiger partial charge in [-0.25, -0.2) is 22.2 Å². The summed E-state index contributed by atoms with van der Waals surface area (Å²) in [6, 6.07) is -1.18. The number of carbonyl (C=O) groups excluding carboxylic acids is 1. The van der Waals surface area contributed by atoms with Gasteiger partial charge < -0.3 is 10.2 Å². The molecule has 1 rings (SSSR count). The van der Waals surface area contributed by atoms with E-state index in [9.17, 15) is 22.4 Å². The van der Waals surface area contributed by atoms with Crippen molar-refractivity contribution in [1.29, 1.82) is 0 Å². The Morgan fingerprint density at radius 3 is 2.39 bits per heavy atom. The Hall–Kier alpha value is -1.35. The van der Waals surface area contributed by atoms with Crippen LogP contribution in [0.3, 0.4) is 0 Å². The van der Waals surface area contributed by atoms with E-state index in [-0.39, 0.29) is 0 Å². The maximum atomic E-state index is 13.1. The molecule has 10 heteroatoms. The number of hydrogen-bond acceptors (Lipinski definition) is 3. The third-order valence-electron chi connectivity index (χ3n) is 3.15. The molecule has 0 aliphatic rings. The van der Waals surface area contributed by atoms with Crippen molar-refractivity contribution in [1.82, 2.24) is 20.0 Å². The van der Waals surface area contributed by atoms with E-state index in [1.807, 2.05) is 19.0 Å². The van der Waals surface area contributed by atoms with E-state index in [1.165, 1.54) is 6.92 Å². The summed E-state index contributed by atoms with van der Waals surface area (Å²) >= 11 is 5.55. The minimum atomic E-state index is -3.12. The van der Waals surface area contributed by atoms with Gasteiger partial charge in [-0.3, -0.25) is 4.79 Å². The number of alkyl halides is 4. The lowest BCUT2D eigenvalue weighted by atomic mass is 10.3. The number of halogens is 5. The van der Waals surface area contributed by atoms with E-state index in [0.717, 1.165) is 6.54 Å². The van der Waals surface area contributed by atoms with Crippen LogP contribution in [0.1, 0.15) is 43.6 Å². The number of carbonyl (C=O) groups is 1. The molecule has 132 valence electrons. The maximum absolute atomic E-state index is 13.1. The number of rotatable bonds is 8. The van der Waals surface area contributed by atoms with Crippen molar-refractivity contribution >= 4 is 17.5 Å². The zero-order valence-corrected chi connectivity index (χ0v) is 13.7. The number of amides is 1. The summed E-state index contributed by atoms with van der Waals surface area (Å²) < 4.78 is 52.2. The molecular formula is C13H19ClF4N4O. The van der Waals surface area contributed by atoms with E-state index in [4.69, 9.17) is 11.6 Å². The topological polar surface area (TPSA) is 50.2 Å². The van der Waals surface area contributed by atoms with Crippen LogP contribution in [0.25, 0.3) is 0 Å². The van der Waals surface area contributed by atoms with Gasteiger partial charge >= 0.3 is 0 Å². The molecule has 23 heavy (non-hydrogen) atoms. The lowest BCUT2D eigenvalue weighted by Crippen LogP contribution is -2.34. The van der Waals surface area contributed by atoms with E-state index in [1.54, 1.807) is 0 Å². The molecule has 0 radical (unpaired) electrons. The van der Waals surface area contributed by atoms with Crippen LogP contribution in [-0.2, 0) is 4.79 Å². The first-order valence-electron chi connectivity index (χ1n) is 6.93. The van der Waals surface area contributed by atoms with Crippen molar-refractivity contribution in [3.8, 4) is 0 Å². The molecule has 5 nitrogen and oxygen atoms in total. The van der Waals surface area contributed by atoms with Crippen LogP contribution in [0.2, 0.25) is 5.02 Å². The second kappa shape index (κ2) is 8.49. The Morgan fingerprint density at radius 2 is 1.91 bits per heavy atom. The van der Waals surface area contributed by atoms with Crippen LogP contribution in [0.5, 0.6) is 0 Å². The van der Waals surface area contributed by atoms with Crippen molar-refractivity contribution in [2.24, 2.45) is 0 Å². The highest BCUT2D eigenvalue weighted by Crippen LogP contribution is 2.36. The first-order chi connectivity index (χ1) is 10.7. The SMILES string of the molecule is CC(C(=O)NCCCN(C)C)n1nc(C(F)F)c(Cl)c1C(F)F. The summed E-state index contributed by atoms with van der Waals surface area (Å²) in [5.41, 5.74) is -1.83. The second-order valence-corrected chi connectivity index (χ2v) is 5.63. The van der Waals surface area contributed by atoms with Gasteiger partial charge in [-0.15, -0.1) is 0 Å². The number of hydrogen-bond donors (Lipinski definition) is 1. The minimum Gasteiger partial charge on any atom is -0.354 e. The zero-order valence-electron chi connectivity index (χ0n) is 13.0. The van der Waals surface area contributed by atoms with Crippen molar-refractivity contribution in [2.45, 2.75) is 32.2 Å². The van der Waals surface area contributed by atoms with Gasteiger partial charge in [-0.05, 0) is 34.0 Å². The average Bonchev–Trinajstić information content (AvgIpc) is 2.80. The van der Waals surface area contributed by atoms with Gasteiger partial charge in [-0.1, -0.05) is 11.6 Å². The summed E-state index contributed by atoms with van der Waals surface area (Å²) in [7, 11) is 3.74. The highest BCUT2D eigenvalue weighted by Gasteiger charge is 2.31. The van der Waals surface area contributed by atoms with E-state index < -0.39 is 41.2 Å². The molecule has 0 spiro atoms. The highest BCUT2D eigenvalue weighted by atomic mass is 35.5. The average molecular weight is 359 g/mol. The van der Waals surface area contributed by atoms with Crippen LogP contribution < -0.4 is 5.32 Å². The molecule has 1 N–H and O–H groups in total. The molecule has 1 heterocycles. The molecule has 1 aromatic heterocycles. The van der Waals surface area contributed by atoms with E-state index in [0.29, 0.717) is 17.6 Å². The van der Waals surface area contributed by atoms with Crippen molar-refractivity contribution in [3.05, 3.63) is 16.4 Å². The van der Waals surface area contributed by atoms with Gasteiger partial charge in [0.05, 0.1) is 5.02 Å². The molecule has 0 saturated carbocycles. The quantitative estimate of drug-likeness (QED) is 0.574. The molecular weight excluding hydrogens is 340 g/mol. The number of nitrogens with zero attached hydrogens (tertiary/aromatic N) is 3. The second-order valence-electron chi connectivity index (χ2n) is 5.25. The molecule has 1 aromatic rings. The first kappa shape index (κ1) is 19.7. The largest absolute Gasteiger partial charge is 0.354 e. The van der Waals surface area contributed by atoms with Crippen LogP contribution in [-0.4, -0.2) is 47.8 Å². The fourth-order valence-corrected chi connectivity index (χ4v) is 2.23. The van der Waals surface area contributed by atoms with Crippen LogP contribution in [0.4, 0.5) is 17.6 Å². The monoisotopic (exact) mass is 358 g/mol. The lowest BCUT2D eigenvalue weighted by Gasteiger charge is -2.16. The molecule has 0 bridgehead atoms. The zero-order chi connectivity index (χ0) is 17.7. The van der Waals surface area contributed by atoms with Crippen molar-refractivity contribution < 1.29 is 22.4 Å². The Bertz CT molecular complexity index is 536. The fourth-order valence-electron chi connectivity index (χ4n) is 1.94. The highest BCUT2D eigenvalue weighted by molar-refractivity contribution is 6.32. The Balaban J connectivity index is 2.88. The maximum Gasteiger partial charge on any atom is 0.283 e. The minimum absolute atomic E-state index is 0.335. The van der Waals surface area contributed by atoms with E-state index in [2.05, 4.69) is 10.4 Å². The summed E-state index contributed by atoms with van der Waals surface area (Å²) in [6.07, 6.45) is -5.56. The molecule has 1 unspecified atom stereocenters. The smallest absolute Gasteiger partial charge is 0.283 e. The van der Waals surface area contributed by atoms with Gasteiger partial charge in [0, 0.05) is 6.54 Å². The summed E-state index contributed by atoms with van der Waals surface area (Å²) in [6.45, 7) is 2.37. The lowest BCUT2D eigenvalue weighted by molar-refractivity contribution is -0.124. The Morgan fingerprint density at radius 1 is 1.30 bits per heavy atom. The third kappa shape index (κ3) is 5.07. The predicted molar refractivity (Wildman–Crippen MR) is 78.0 cm³/mol. The van der Waals surface area contributed by atoms with E-state index >= 15 is 0 Å². The summed E-state index contributed by atoms with van der Waals surface area (Å²) in [5, 5.41) is 5.15. The molecule has 0 fully saturated rings. The molecule has 0 aliphatic carbocycles. The fraction of sp³-hybridized carbons (Fsp3) is 0.692. The van der Waals surface area contributed by atoms with Gasteiger partial charge in [0.25, 0.3) is 12.9 Å². The molecule has 1 atom stereocenters. The van der Waals surface area contributed by atoms with Crippen LogP contribution in [0, 0.1) is 0 Å². The van der Waals surface area contributed by atoms with Gasteiger partial charge in [0.15, 0.2) is 0 Å². The number of nitrogens with one attached hydrogen (secondary N) is 1. The summed E-state index contributed by atoms with van der Waals surface area (Å²) in [5.74, 6) is -0.592. The van der Waals surface area contributed by atoms with Gasteiger partial charge in [0.1, 0.15) is 17.4 Å². The Kier molecular flexibility index (Phi) is 7.27. The first-order valence-corrected chi connectivity index (χ1v) is 7.31. The van der Waals surface area contributed by atoms with Crippen molar-refractivity contribution in [3.63, 3.8) is 0 Å². The van der Waals surface area contributed by atoms with Crippen LogP contribution >= 0.6 is 11.6 Å². The van der Waals surface area contributed by atoms with Crippen LogP contribution in [0.15, 0.2) is 0 Å². The molecule has 0 saturated heterocycles. The molecule has 0 aliphatic heterocycles. The third-order valence-corrected chi connectivity index (χ3v) is 3.54. The van der Waals surface area contributed by atoms with Gasteiger partial charge in [-0.2, -0.15) is 5.10 Å². The number of aromatic nitrogens is 2. The molecule has 0 aromatic carbocycles. The summed E-state index contributed by atoms with van der Waals surface area (Å²) in [4.78, 5) is 13.9. The standard InChI is InChI=1S/C13H19ClF4N4O/c1-7(13(23)19-5-4-6-21(2)3)22-10(12(17)18)8(14)9(20-22)11(15)16/h7,11-12H,4-6H2,1-3H3,(H,19,23). The molecule has 1 amide bonds. The van der Waals surface area contributed by atoms with Gasteiger partial charge in [0.2, 0.25) is 5.91 Å². The predicted octanol–water partition coefficient (Wildman–Crippen LogP) is 3.04. The van der Waals surface area contributed by atoms with Crippen molar-refractivity contribution in [2.75, 3.05) is 27.2 Å². The Labute approximate surface area is 136 Å².